The highest BCUT2D eigenvalue weighted by Crippen LogP contribution is 2.25. The maximum Gasteiger partial charge on any atom is 0.257 e. The summed E-state index contributed by atoms with van der Waals surface area (Å²) in [6.45, 7) is 8.22. The second kappa shape index (κ2) is 8.29. The number of nitrogens with one attached hydrogen (secondary N) is 1. The Bertz CT molecular complexity index is 977. The fraction of sp³-hybridized carbons (Fsp3) is 0.455. The fourth-order valence-corrected chi connectivity index (χ4v) is 3.94. The lowest BCUT2D eigenvalue weighted by Gasteiger charge is -2.36. The van der Waals surface area contributed by atoms with Crippen molar-refractivity contribution in [1.82, 2.24) is 25.3 Å². The van der Waals surface area contributed by atoms with Crippen molar-refractivity contribution in [2.24, 2.45) is 0 Å². The quantitative estimate of drug-likeness (QED) is 0.712. The number of hydrogen-bond donors (Lipinski definition) is 1. The minimum atomic E-state index is -0.0871. The van der Waals surface area contributed by atoms with E-state index in [1.165, 1.54) is 5.56 Å². The second-order valence-corrected chi connectivity index (χ2v) is 8.04. The Morgan fingerprint density at radius 3 is 2.62 bits per heavy atom. The van der Waals surface area contributed by atoms with E-state index in [1.807, 2.05) is 32.3 Å². The molecule has 0 unspecified atom stereocenters. The standard InChI is InChI=1S/C22H27N5O2/c1-14(2)20-19-12-17(13-24-22(19)29-26-20)21(28)25-18-6-10-27(11-7-18)15(3)16-4-8-23-9-5-16/h4-5,8-9,12-15,18H,6-7,10-11H2,1-3H3,(H,25,28)/t15-/m1/s1. The van der Waals surface area contributed by atoms with E-state index in [9.17, 15) is 4.79 Å². The molecule has 1 fully saturated rings. The minimum Gasteiger partial charge on any atom is -0.349 e. The van der Waals surface area contributed by atoms with Crippen LogP contribution in [-0.4, -0.2) is 45.1 Å². The lowest BCUT2D eigenvalue weighted by molar-refractivity contribution is 0.0895. The highest BCUT2D eigenvalue weighted by molar-refractivity contribution is 5.97. The van der Waals surface area contributed by atoms with Crippen LogP contribution < -0.4 is 5.32 Å². The van der Waals surface area contributed by atoms with Gasteiger partial charge >= 0.3 is 0 Å². The van der Waals surface area contributed by atoms with Gasteiger partial charge in [-0.15, -0.1) is 0 Å². The number of fused-ring (bicyclic) bond motifs is 1. The molecule has 0 radical (unpaired) electrons. The first-order valence-corrected chi connectivity index (χ1v) is 10.2. The van der Waals surface area contributed by atoms with Crippen molar-refractivity contribution in [2.75, 3.05) is 13.1 Å². The number of likely N-dealkylation sites (tertiary alicyclic amines) is 1. The lowest BCUT2D eigenvalue weighted by atomic mass is 10.0. The maximum atomic E-state index is 12.8. The third-order valence-electron chi connectivity index (χ3n) is 5.77. The van der Waals surface area contributed by atoms with Crippen molar-refractivity contribution in [3.8, 4) is 0 Å². The molecule has 3 aromatic heterocycles. The first-order valence-electron chi connectivity index (χ1n) is 10.2. The van der Waals surface area contributed by atoms with Crippen LogP contribution in [0.15, 0.2) is 41.3 Å². The number of amides is 1. The molecule has 29 heavy (non-hydrogen) atoms. The number of piperidine rings is 1. The average molecular weight is 393 g/mol. The first kappa shape index (κ1) is 19.5. The zero-order valence-electron chi connectivity index (χ0n) is 17.1. The molecular formula is C22H27N5O2. The minimum absolute atomic E-state index is 0.0871. The molecule has 1 amide bonds. The molecular weight excluding hydrogens is 366 g/mol. The van der Waals surface area contributed by atoms with E-state index in [4.69, 9.17) is 4.52 Å². The van der Waals surface area contributed by atoms with E-state index >= 15 is 0 Å². The van der Waals surface area contributed by atoms with Crippen LogP contribution in [0.2, 0.25) is 0 Å². The van der Waals surface area contributed by atoms with E-state index in [-0.39, 0.29) is 17.9 Å². The van der Waals surface area contributed by atoms with Crippen molar-refractivity contribution in [1.29, 1.82) is 0 Å². The largest absolute Gasteiger partial charge is 0.349 e. The Hall–Kier alpha value is -2.80. The highest BCUT2D eigenvalue weighted by Gasteiger charge is 2.25. The monoisotopic (exact) mass is 393 g/mol. The molecule has 4 rings (SSSR count). The van der Waals surface area contributed by atoms with Crippen LogP contribution >= 0.6 is 0 Å². The molecule has 1 aliphatic heterocycles. The zero-order valence-corrected chi connectivity index (χ0v) is 17.1. The van der Waals surface area contributed by atoms with Gasteiger partial charge in [-0.3, -0.25) is 14.7 Å². The van der Waals surface area contributed by atoms with Crippen LogP contribution in [0.4, 0.5) is 0 Å². The molecule has 0 bridgehead atoms. The van der Waals surface area contributed by atoms with Gasteiger partial charge in [0.2, 0.25) is 0 Å². The summed E-state index contributed by atoms with van der Waals surface area (Å²) in [7, 11) is 0. The number of carbonyl (C=O) groups is 1. The molecule has 7 nitrogen and oxygen atoms in total. The molecule has 0 saturated carbocycles. The predicted molar refractivity (Wildman–Crippen MR) is 111 cm³/mol. The van der Waals surface area contributed by atoms with Gasteiger partial charge in [0, 0.05) is 43.8 Å². The Labute approximate surface area is 170 Å². The normalized spacial score (nSPS) is 17.0. The third kappa shape index (κ3) is 4.15. The van der Waals surface area contributed by atoms with E-state index in [1.54, 1.807) is 6.20 Å². The number of nitrogens with zero attached hydrogens (tertiary/aromatic N) is 4. The van der Waals surface area contributed by atoms with Gasteiger partial charge in [0.15, 0.2) is 0 Å². The van der Waals surface area contributed by atoms with E-state index < -0.39 is 0 Å². The third-order valence-corrected chi connectivity index (χ3v) is 5.77. The van der Waals surface area contributed by atoms with Crippen molar-refractivity contribution in [3.05, 3.63) is 53.6 Å². The Kier molecular flexibility index (Phi) is 5.58. The van der Waals surface area contributed by atoms with E-state index in [0.29, 0.717) is 17.3 Å². The number of aromatic nitrogens is 3. The predicted octanol–water partition coefficient (Wildman–Crippen LogP) is 3.70. The summed E-state index contributed by atoms with van der Waals surface area (Å²) in [5.74, 6) is 0.124. The van der Waals surface area contributed by atoms with E-state index in [0.717, 1.165) is 37.0 Å². The van der Waals surface area contributed by atoms with Crippen LogP contribution in [0.25, 0.3) is 11.1 Å². The van der Waals surface area contributed by atoms with Crippen LogP contribution in [0, 0.1) is 0 Å². The Morgan fingerprint density at radius 2 is 1.93 bits per heavy atom. The summed E-state index contributed by atoms with van der Waals surface area (Å²) >= 11 is 0. The first-order chi connectivity index (χ1) is 14.0. The lowest BCUT2D eigenvalue weighted by Crippen LogP contribution is -2.45. The van der Waals surface area contributed by atoms with Gasteiger partial charge in [0.05, 0.1) is 16.6 Å². The Balaban J connectivity index is 1.37. The van der Waals surface area contributed by atoms with Gasteiger partial charge in [-0.05, 0) is 49.4 Å². The van der Waals surface area contributed by atoms with Gasteiger partial charge in [0.1, 0.15) is 0 Å². The summed E-state index contributed by atoms with van der Waals surface area (Å²) in [5, 5.41) is 8.07. The number of carbonyl (C=O) groups excluding carboxylic acids is 1. The summed E-state index contributed by atoms with van der Waals surface area (Å²) in [4.78, 5) is 23.6. The van der Waals surface area contributed by atoms with Crippen molar-refractivity contribution in [2.45, 2.75) is 51.6 Å². The summed E-state index contributed by atoms with van der Waals surface area (Å²) in [5.41, 5.74) is 3.14. The zero-order chi connectivity index (χ0) is 20.4. The van der Waals surface area contributed by atoms with Crippen LogP contribution in [0.1, 0.15) is 67.2 Å². The molecule has 1 atom stereocenters. The van der Waals surface area contributed by atoms with Gasteiger partial charge in [0.25, 0.3) is 11.6 Å². The van der Waals surface area contributed by atoms with Crippen molar-refractivity contribution >= 4 is 17.0 Å². The Morgan fingerprint density at radius 1 is 1.21 bits per heavy atom. The molecule has 1 aliphatic rings. The van der Waals surface area contributed by atoms with Crippen molar-refractivity contribution < 1.29 is 9.32 Å². The van der Waals surface area contributed by atoms with Gasteiger partial charge in [-0.25, -0.2) is 4.98 Å². The van der Waals surface area contributed by atoms with Gasteiger partial charge in [-0.1, -0.05) is 19.0 Å². The molecule has 0 aliphatic carbocycles. The smallest absolute Gasteiger partial charge is 0.257 e. The molecule has 1 saturated heterocycles. The average Bonchev–Trinajstić information content (AvgIpc) is 3.18. The van der Waals surface area contributed by atoms with Crippen molar-refractivity contribution in [3.63, 3.8) is 0 Å². The molecule has 0 aromatic carbocycles. The topological polar surface area (TPSA) is 84.1 Å². The molecule has 1 N–H and O–H groups in total. The van der Waals surface area contributed by atoms with Gasteiger partial charge < -0.3 is 9.84 Å². The molecule has 7 heteroatoms. The van der Waals surface area contributed by atoms with Crippen LogP contribution in [0.5, 0.6) is 0 Å². The fourth-order valence-electron chi connectivity index (χ4n) is 3.94. The molecule has 3 aromatic rings. The second-order valence-electron chi connectivity index (χ2n) is 8.04. The number of pyridine rings is 2. The molecule has 4 heterocycles. The van der Waals surface area contributed by atoms with Gasteiger partial charge in [-0.2, -0.15) is 0 Å². The molecule has 0 spiro atoms. The SMILES string of the molecule is CC(C)c1noc2ncc(C(=O)NC3CCN([C@H](C)c4ccncc4)CC3)cc12. The van der Waals surface area contributed by atoms with Crippen LogP contribution in [-0.2, 0) is 0 Å². The number of hydrogen-bond acceptors (Lipinski definition) is 6. The summed E-state index contributed by atoms with van der Waals surface area (Å²) in [6, 6.07) is 6.50. The summed E-state index contributed by atoms with van der Waals surface area (Å²) < 4.78 is 5.26. The van der Waals surface area contributed by atoms with Crippen LogP contribution in [0.3, 0.4) is 0 Å². The number of rotatable bonds is 5. The van der Waals surface area contributed by atoms with E-state index in [2.05, 4.69) is 44.4 Å². The maximum absolute atomic E-state index is 12.8. The summed E-state index contributed by atoms with van der Waals surface area (Å²) in [6.07, 6.45) is 7.10. The molecule has 152 valence electrons. The highest BCUT2D eigenvalue weighted by atomic mass is 16.5.